The van der Waals surface area contributed by atoms with Crippen LogP contribution in [0.15, 0.2) is 36.7 Å². The molecule has 2 aliphatic rings. The number of aromatic nitrogens is 2. The maximum absolute atomic E-state index is 13.0. The van der Waals surface area contributed by atoms with Gasteiger partial charge in [0.1, 0.15) is 18.8 Å². The van der Waals surface area contributed by atoms with Crippen LogP contribution in [0.25, 0.3) is 0 Å². The van der Waals surface area contributed by atoms with E-state index in [-0.39, 0.29) is 12.5 Å². The van der Waals surface area contributed by atoms with Crippen molar-refractivity contribution in [3.63, 3.8) is 0 Å². The molecule has 124 valence electrons. The second-order valence-corrected chi connectivity index (χ2v) is 5.91. The minimum absolute atomic E-state index is 0.244. The topological polar surface area (TPSA) is 85.7 Å². The number of hydrogen-bond donors (Lipinski definition) is 1. The number of imide groups is 1. The third kappa shape index (κ3) is 2.18. The molecule has 2 aliphatic heterocycles. The monoisotopic (exact) mass is 328 g/mol. The number of urea groups is 1. The molecule has 1 aromatic carbocycles. The molecule has 0 radical (unpaired) electrons. The van der Waals surface area contributed by atoms with E-state index < -0.39 is 11.6 Å². The Bertz CT molecular complexity index is 804. The number of para-hydroxylation sites is 1. The van der Waals surface area contributed by atoms with Gasteiger partial charge in [0.15, 0.2) is 11.5 Å². The fourth-order valence-electron chi connectivity index (χ4n) is 2.96. The van der Waals surface area contributed by atoms with Crippen LogP contribution in [0, 0.1) is 0 Å². The Kier molecular flexibility index (Phi) is 3.19. The first-order valence-corrected chi connectivity index (χ1v) is 7.61. The highest BCUT2D eigenvalue weighted by molar-refractivity contribution is 6.23. The first kappa shape index (κ1) is 14.6. The van der Waals surface area contributed by atoms with Crippen molar-refractivity contribution < 1.29 is 19.1 Å². The summed E-state index contributed by atoms with van der Waals surface area (Å²) in [7, 11) is 0. The van der Waals surface area contributed by atoms with Crippen LogP contribution in [0.1, 0.15) is 6.92 Å². The Morgan fingerprint density at radius 2 is 2.08 bits per heavy atom. The molecule has 3 heterocycles. The zero-order valence-corrected chi connectivity index (χ0v) is 13.1. The van der Waals surface area contributed by atoms with Crippen molar-refractivity contribution in [3.8, 4) is 11.5 Å². The first-order chi connectivity index (χ1) is 11.6. The minimum Gasteiger partial charge on any atom is -0.486 e. The average Bonchev–Trinajstić information content (AvgIpc) is 3.14. The highest BCUT2D eigenvalue weighted by atomic mass is 16.6. The molecule has 1 saturated heterocycles. The van der Waals surface area contributed by atoms with Crippen LogP contribution >= 0.6 is 0 Å². The van der Waals surface area contributed by atoms with E-state index >= 15 is 0 Å². The van der Waals surface area contributed by atoms with E-state index in [4.69, 9.17) is 9.47 Å². The molecular weight excluding hydrogens is 312 g/mol. The van der Waals surface area contributed by atoms with Crippen molar-refractivity contribution in [2.45, 2.75) is 19.0 Å². The number of rotatable bonds is 3. The van der Waals surface area contributed by atoms with Gasteiger partial charge in [-0.3, -0.25) is 9.48 Å². The first-order valence-electron chi connectivity index (χ1n) is 7.61. The standard InChI is InChI=1S/C16H16N4O4/c1-16(10-19-7-3-6-17-19)14(21)20(15(22)18-16)11-4-2-5-12-13(11)24-9-8-23-12/h2-7H,8-10H2,1H3,(H,18,22). The predicted octanol–water partition coefficient (Wildman–Crippen LogP) is 1.17. The maximum Gasteiger partial charge on any atom is 0.329 e. The number of nitrogens with one attached hydrogen (secondary N) is 1. The van der Waals surface area contributed by atoms with Gasteiger partial charge < -0.3 is 14.8 Å². The Hall–Kier alpha value is -3.03. The number of nitrogens with zero attached hydrogens (tertiary/aromatic N) is 3. The Morgan fingerprint density at radius 1 is 1.25 bits per heavy atom. The van der Waals surface area contributed by atoms with Gasteiger partial charge in [0, 0.05) is 12.4 Å². The summed E-state index contributed by atoms with van der Waals surface area (Å²) in [6, 6.07) is 6.43. The summed E-state index contributed by atoms with van der Waals surface area (Å²) >= 11 is 0. The van der Waals surface area contributed by atoms with Crippen LogP contribution < -0.4 is 19.7 Å². The van der Waals surface area contributed by atoms with Gasteiger partial charge in [-0.1, -0.05) is 6.07 Å². The summed E-state index contributed by atoms with van der Waals surface area (Å²) in [5.41, 5.74) is -0.694. The lowest BCUT2D eigenvalue weighted by Gasteiger charge is -2.25. The van der Waals surface area contributed by atoms with Crippen molar-refractivity contribution in [3.05, 3.63) is 36.7 Å². The molecular formula is C16H16N4O4. The number of ether oxygens (including phenoxy) is 2. The van der Waals surface area contributed by atoms with Crippen molar-refractivity contribution >= 4 is 17.6 Å². The second-order valence-electron chi connectivity index (χ2n) is 5.91. The molecule has 1 atom stereocenters. The lowest BCUT2D eigenvalue weighted by atomic mass is 10.0. The number of fused-ring (bicyclic) bond motifs is 1. The largest absolute Gasteiger partial charge is 0.486 e. The van der Waals surface area contributed by atoms with Crippen LogP contribution in [0.4, 0.5) is 10.5 Å². The number of carbonyl (C=O) groups is 2. The number of benzene rings is 1. The third-order valence-electron chi connectivity index (χ3n) is 4.08. The second kappa shape index (κ2) is 5.26. The molecule has 24 heavy (non-hydrogen) atoms. The van der Waals surface area contributed by atoms with Gasteiger partial charge in [-0.05, 0) is 25.1 Å². The van der Waals surface area contributed by atoms with E-state index in [9.17, 15) is 9.59 Å². The molecule has 8 nitrogen and oxygen atoms in total. The molecule has 1 unspecified atom stereocenters. The van der Waals surface area contributed by atoms with Gasteiger partial charge in [-0.2, -0.15) is 5.10 Å². The number of carbonyl (C=O) groups excluding carboxylic acids is 2. The average molecular weight is 328 g/mol. The summed E-state index contributed by atoms with van der Waals surface area (Å²) in [5.74, 6) is 0.584. The fourth-order valence-corrected chi connectivity index (χ4v) is 2.96. The zero-order valence-electron chi connectivity index (χ0n) is 13.1. The molecule has 0 bridgehead atoms. The zero-order chi connectivity index (χ0) is 16.7. The minimum atomic E-state index is -1.08. The van der Waals surface area contributed by atoms with Crippen LogP contribution in [-0.4, -0.2) is 40.5 Å². The van der Waals surface area contributed by atoms with Crippen LogP contribution in [-0.2, 0) is 11.3 Å². The van der Waals surface area contributed by atoms with Crippen molar-refractivity contribution in [2.24, 2.45) is 0 Å². The van der Waals surface area contributed by atoms with Gasteiger partial charge in [-0.25, -0.2) is 9.69 Å². The fraction of sp³-hybridized carbons (Fsp3) is 0.312. The molecule has 1 aromatic heterocycles. The van der Waals surface area contributed by atoms with E-state index in [1.54, 1.807) is 48.3 Å². The Morgan fingerprint density at radius 3 is 2.88 bits per heavy atom. The van der Waals surface area contributed by atoms with E-state index in [0.29, 0.717) is 30.4 Å². The van der Waals surface area contributed by atoms with E-state index in [1.807, 2.05) is 0 Å². The Balaban J connectivity index is 1.70. The summed E-state index contributed by atoms with van der Waals surface area (Å²) in [5, 5.41) is 6.86. The van der Waals surface area contributed by atoms with Crippen LogP contribution in [0.2, 0.25) is 0 Å². The molecule has 0 spiro atoms. The molecule has 1 fully saturated rings. The van der Waals surface area contributed by atoms with Crippen molar-refractivity contribution in [1.82, 2.24) is 15.1 Å². The van der Waals surface area contributed by atoms with Crippen molar-refractivity contribution in [1.29, 1.82) is 0 Å². The summed E-state index contributed by atoms with van der Waals surface area (Å²) in [6.45, 7) is 2.74. The number of amides is 3. The molecule has 4 rings (SSSR count). The van der Waals surface area contributed by atoms with Gasteiger partial charge in [-0.15, -0.1) is 0 Å². The normalized spacial score (nSPS) is 22.6. The maximum atomic E-state index is 13.0. The molecule has 1 N–H and O–H groups in total. The quantitative estimate of drug-likeness (QED) is 0.855. The molecule has 8 heteroatoms. The lowest BCUT2D eigenvalue weighted by molar-refractivity contribution is -0.122. The molecule has 0 saturated carbocycles. The van der Waals surface area contributed by atoms with Gasteiger partial charge in [0.05, 0.1) is 12.2 Å². The van der Waals surface area contributed by atoms with E-state index in [2.05, 4.69) is 10.4 Å². The smallest absolute Gasteiger partial charge is 0.329 e. The molecule has 2 aromatic rings. The van der Waals surface area contributed by atoms with E-state index in [1.165, 1.54) is 0 Å². The van der Waals surface area contributed by atoms with Crippen molar-refractivity contribution in [2.75, 3.05) is 18.1 Å². The van der Waals surface area contributed by atoms with Gasteiger partial charge in [0.2, 0.25) is 0 Å². The molecule has 3 amide bonds. The lowest BCUT2D eigenvalue weighted by Crippen LogP contribution is -2.47. The SMILES string of the molecule is CC1(Cn2cccn2)NC(=O)N(c2cccc3c2OCCO3)C1=O. The number of anilines is 1. The summed E-state index contributed by atoms with van der Waals surface area (Å²) < 4.78 is 12.8. The van der Waals surface area contributed by atoms with Gasteiger partial charge >= 0.3 is 6.03 Å². The Labute approximate surface area is 137 Å². The number of hydrogen-bond acceptors (Lipinski definition) is 5. The highest BCUT2D eigenvalue weighted by Gasteiger charge is 2.50. The summed E-state index contributed by atoms with van der Waals surface area (Å²) in [4.78, 5) is 26.5. The van der Waals surface area contributed by atoms with Crippen LogP contribution in [0.3, 0.4) is 0 Å². The highest BCUT2D eigenvalue weighted by Crippen LogP contribution is 2.41. The summed E-state index contributed by atoms with van der Waals surface area (Å²) in [6.07, 6.45) is 3.37. The van der Waals surface area contributed by atoms with Crippen LogP contribution in [0.5, 0.6) is 11.5 Å². The van der Waals surface area contributed by atoms with E-state index in [0.717, 1.165) is 4.90 Å². The van der Waals surface area contributed by atoms with Gasteiger partial charge in [0.25, 0.3) is 5.91 Å². The third-order valence-corrected chi connectivity index (χ3v) is 4.08. The molecule has 0 aliphatic carbocycles. The predicted molar refractivity (Wildman–Crippen MR) is 84.1 cm³/mol.